The van der Waals surface area contributed by atoms with Crippen LogP contribution in [0.15, 0.2) is 42.7 Å². The van der Waals surface area contributed by atoms with Crippen LogP contribution in [0, 0.1) is 0 Å². The Labute approximate surface area is 178 Å². The SMILES string of the molecule is CN(C)c1nccnc1OC1CCCN(C(=O)C2(c3ccccc3)CCOCC2)C1. The first kappa shape index (κ1) is 20.6. The van der Waals surface area contributed by atoms with Crippen LogP contribution < -0.4 is 9.64 Å². The van der Waals surface area contributed by atoms with Crippen LogP contribution >= 0.6 is 0 Å². The Morgan fingerprint density at radius 3 is 2.63 bits per heavy atom. The molecule has 2 fully saturated rings. The lowest BCUT2D eigenvalue weighted by atomic mass is 9.72. The quantitative estimate of drug-likeness (QED) is 0.755. The number of carbonyl (C=O) groups is 1. The number of rotatable bonds is 5. The van der Waals surface area contributed by atoms with Gasteiger partial charge in [-0.1, -0.05) is 30.3 Å². The highest BCUT2D eigenvalue weighted by molar-refractivity contribution is 5.88. The van der Waals surface area contributed by atoms with Crippen molar-refractivity contribution < 1.29 is 14.3 Å². The largest absolute Gasteiger partial charge is 0.470 e. The van der Waals surface area contributed by atoms with Crippen LogP contribution in [0.1, 0.15) is 31.2 Å². The average molecular weight is 411 g/mol. The number of piperidine rings is 1. The van der Waals surface area contributed by atoms with Crippen LogP contribution in [0.5, 0.6) is 5.88 Å². The Morgan fingerprint density at radius 1 is 1.17 bits per heavy atom. The van der Waals surface area contributed by atoms with E-state index in [1.165, 1.54) is 0 Å². The van der Waals surface area contributed by atoms with Gasteiger partial charge in [0.15, 0.2) is 5.82 Å². The number of nitrogens with zero attached hydrogens (tertiary/aromatic N) is 4. The van der Waals surface area contributed by atoms with Gasteiger partial charge >= 0.3 is 0 Å². The first-order valence-corrected chi connectivity index (χ1v) is 10.7. The van der Waals surface area contributed by atoms with Crippen molar-refractivity contribution in [3.8, 4) is 5.88 Å². The molecule has 2 aromatic rings. The maximum Gasteiger partial charge on any atom is 0.257 e. The fourth-order valence-corrected chi connectivity index (χ4v) is 4.49. The highest BCUT2D eigenvalue weighted by Crippen LogP contribution is 2.37. The topological polar surface area (TPSA) is 67.8 Å². The van der Waals surface area contributed by atoms with E-state index in [1.807, 2.05) is 42.1 Å². The summed E-state index contributed by atoms with van der Waals surface area (Å²) in [5.41, 5.74) is 0.577. The van der Waals surface area contributed by atoms with E-state index in [9.17, 15) is 4.79 Å². The molecule has 1 atom stereocenters. The molecule has 0 spiro atoms. The van der Waals surface area contributed by atoms with E-state index >= 15 is 0 Å². The zero-order valence-corrected chi connectivity index (χ0v) is 17.8. The Kier molecular flexibility index (Phi) is 6.18. The number of hydrogen-bond acceptors (Lipinski definition) is 6. The Hall–Kier alpha value is -2.67. The lowest BCUT2D eigenvalue weighted by molar-refractivity contribution is -0.144. The Balaban J connectivity index is 1.53. The zero-order valence-electron chi connectivity index (χ0n) is 17.8. The van der Waals surface area contributed by atoms with Crippen molar-refractivity contribution in [2.75, 3.05) is 45.3 Å². The van der Waals surface area contributed by atoms with E-state index in [2.05, 4.69) is 22.1 Å². The van der Waals surface area contributed by atoms with Crippen molar-refractivity contribution in [3.63, 3.8) is 0 Å². The second-order valence-electron chi connectivity index (χ2n) is 8.27. The number of ether oxygens (including phenoxy) is 2. The first-order chi connectivity index (χ1) is 14.6. The second kappa shape index (κ2) is 9.00. The summed E-state index contributed by atoms with van der Waals surface area (Å²) in [4.78, 5) is 26.4. The molecule has 0 radical (unpaired) electrons. The van der Waals surface area contributed by atoms with Gasteiger partial charge in [0, 0.05) is 46.2 Å². The highest BCUT2D eigenvalue weighted by atomic mass is 16.5. The van der Waals surface area contributed by atoms with Crippen LogP contribution in [-0.4, -0.2) is 67.3 Å². The van der Waals surface area contributed by atoms with Crippen LogP contribution in [0.2, 0.25) is 0 Å². The molecule has 1 unspecified atom stereocenters. The van der Waals surface area contributed by atoms with E-state index in [1.54, 1.807) is 12.4 Å². The molecule has 4 rings (SSSR count). The average Bonchev–Trinajstić information content (AvgIpc) is 2.80. The maximum absolute atomic E-state index is 13.8. The predicted molar refractivity (Wildman–Crippen MR) is 115 cm³/mol. The predicted octanol–water partition coefficient (Wildman–Crippen LogP) is 2.66. The monoisotopic (exact) mass is 410 g/mol. The molecule has 30 heavy (non-hydrogen) atoms. The fourth-order valence-electron chi connectivity index (χ4n) is 4.49. The molecule has 0 N–H and O–H groups in total. The molecule has 0 saturated carbocycles. The third-order valence-corrected chi connectivity index (χ3v) is 6.10. The van der Waals surface area contributed by atoms with Gasteiger partial charge in [-0.3, -0.25) is 4.79 Å². The second-order valence-corrected chi connectivity index (χ2v) is 8.27. The molecule has 2 aliphatic heterocycles. The number of carbonyl (C=O) groups excluding carboxylic acids is 1. The summed E-state index contributed by atoms with van der Waals surface area (Å²) in [6.07, 6.45) is 6.45. The molecule has 1 amide bonds. The minimum atomic E-state index is -0.511. The molecular weight excluding hydrogens is 380 g/mol. The molecule has 160 valence electrons. The van der Waals surface area contributed by atoms with Crippen molar-refractivity contribution in [2.45, 2.75) is 37.2 Å². The number of amides is 1. The van der Waals surface area contributed by atoms with Gasteiger partial charge in [0.05, 0.1) is 12.0 Å². The van der Waals surface area contributed by atoms with Gasteiger partial charge in [-0.05, 0) is 31.2 Å². The maximum atomic E-state index is 13.8. The van der Waals surface area contributed by atoms with Gasteiger partial charge in [0.1, 0.15) is 6.10 Å². The van der Waals surface area contributed by atoms with E-state index in [0.717, 1.165) is 24.9 Å². The summed E-state index contributed by atoms with van der Waals surface area (Å²) in [5, 5.41) is 0. The van der Waals surface area contributed by atoms with E-state index in [4.69, 9.17) is 9.47 Å². The van der Waals surface area contributed by atoms with Crippen molar-refractivity contribution in [2.24, 2.45) is 0 Å². The smallest absolute Gasteiger partial charge is 0.257 e. The fraction of sp³-hybridized carbons (Fsp3) is 0.522. The third-order valence-electron chi connectivity index (χ3n) is 6.10. The van der Waals surface area contributed by atoms with E-state index < -0.39 is 5.41 Å². The van der Waals surface area contributed by atoms with Crippen LogP contribution in [0.25, 0.3) is 0 Å². The standard InChI is InChI=1S/C23H30N4O3/c1-26(2)20-21(25-13-12-24-20)30-19-9-6-14-27(17-19)22(28)23(10-15-29-16-11-23)18-7-4-3-5-8-18/h3-5,7-8,12-13,19H,6,9-11,14-17H2,1-2H3. The number of anilines is 1. The molecule has 0 aliphatic carbocycles. The van der Waals surface area contributed by atoms with Gasteiger partial charge in [-0.15, -0.1) is 0 Å². The highest BCUT2D eigenvalue weighted by Gasteiger charge is 2.45. The van der Waals surface area contributed by atoms with Crippen LogP contribution in [0.3, 0.4) is 0 Å². The van der Waals surface area contributed by atoms with Crippen LogP contribution in [0.4, 0.5) is 5.82 Å². The normalized spacial score (nSPS) is 21.1. The molecule has 7 heteroatoms. The minimum Gasteiger partial charge on any atom is -0.470 e. The molecule has 7 nitrogen and oxygen atoms in total. The summed E-state index contributed by atoms with van der Waals surface area (Å²) in [6.45, 7) is 2.55. The zero-order chi connectivity index (χ0) is 21.0. The van der Waals surface area contributed by atoms with Crippen molar-refractivity contribution in [1.82, 2.24) is 14.9 Å². The van der Waals surface area contributed by atoms with Gasteiger partial charge in [-0.2, -0.15) is 0 Å². The number of likely N-dealkylation sites (tertiary alicyclic amines) is 1. The van der Waals surface area contributed by atoms with Crippen molar-refractivity contribution in [3.05, 3.63) is 48.3 Å². The number of benzene rings is 1. The Morgan fingerprint density at radius 2 is 1.90 bits per heavy atom. The lowest BCUT2D eigenvalue weighted by Crippen LogP contribution is -2.54. The molecule has 3 heterocycles. The van der Waals surface area contributed by atoms with E-state index in [0.29, 0.717) is 44.3 Å². The summed E-state index contributed by atoms with van der Waals surface area (Å²) < 4.78 is 11.8. The van der Waals surface area contributed by atoms with Crippen molar-refractivity contribution >= 4 is 11.7 Å². The van der Waals surface area contributed by atoms with Crippen LogP contribution in [-0.2, 0) is 14.9 Å². The third kappa shape index (κ3) is 4.12. The number of aromatic nitrogens is 2. The van der Waals surface area contributed by atoms with Gasteiger partial charge in [-0.25, -0.2) is 9.97 Å². The summed E-state index contributed by atoms with van der Waals surface area (Å²) in [5.74, 6) is 1.41. The number of hydrogen-bond donors (Lipinski definition) is 0. The molecule has 2 aliphatic rings. The summed E-state index contributed by atoms with van der Waals surface area (Å²) in [7, 11) is 3.84. The molecule has 1 aromatic carbocycles. The summed E-state index contributed by atoms with van der Waals surface area (Å²) >= 11 is 0. The van der Waals surface area contributed by atoms with Gasteiger partial charge in [0.2, 0.25) is 5.91 Å². The minimum absolute atomic E-state index is 0.0919. The molecule has 2 saturated heterocycles. The molecule has 0 bridgehead atoms. The lowest BCUT2D eigenvalue weighted by Gasteiger charge is -2.42. The molecule has 1 aromatic heterocycles. The Bertz CT molecular complexity index is 853. The van der Waals surface area contributed by atoms with E-state index in [-0.39, 0.29) is 12.0 Å². The molecular formula is C23H30N4O3. The van der Waals surface area contributed by atoms with Crippen molar-refractivity contribution in [1.29, 1.82) is 0 Å². The van der Waals surface area contributed by atoms with Gasteiger partial charge in [0.25, 0.3) is 5.88 Å². The first-order valence-electron chi connectivity index (χ1n) is 10.7. The summed E-state index contributed by atoms with van der Waals surface area (Å²) in [6, 6.07) is 10.2. The van der Waals surface area contributed by atoms with Gasteiger partial charge < -0.3 is 19.3 Å².